The highest BCUT2D eigenvalue weighted by Crippen LogP contribution is 2.27. The third-order valence-corrected chi connectivity index (χ3v) is 7.80. The number of hydrogen-bond donors (Lipinski definition) is 2. The van der Waals surface area contributed by atoms with E-state index in [-0.39, 0.29) is 18.6 Å². The molecule has 4 rings (SSSR count). The van der Waals surface area contributed by atoms with Gasteiger partial charge in [-0.1, -0.05) is 57.8 Å². The van der Waals surface area contributed by atoms with Gasteiger partial charge >= 0.3 is 0 Å². The van der Waals surface area contributed by atoms with Gasteiger partial charge in [-0.15, -0.1) is 0 Å². The maximum atomic E-state index is 9.66. The van der Waals surface area contributed by atoms with Crippen LogP contribution in [0.1, 0.15) is 13.8 Å². The standard InChI is InChI=1S/C26H36N6O2Si/c1-19(2)23(17-33)29-24-10-12-32-26(30-24)22(16-28-32)20-6-8-21(9-7-20)25-27-11-13-31(25)18-34-14-15-35(3,4)5/h6-13,16,19,23,33H,14-15,17-18H2,1-5H3,(H,29,30). The predicted octanol–water partition coefficient (Wildman–Crippen LogP) is 5.00. The Balaban J connectivity index is 1.51. The number of fused-ring (bicyclic) bond motifs is 1. The number of benzene rings is 1. The highest BCUT2D eigenvalue weighted by Gasteiger charge is 2.15. The number of aliphatic hydroxyl groups is 1. The van der Waals surface area contributed by atoms with Crippen LogP contribution in [0.5, 0.6) is 0 Å². The van der Waals surface area contributed by atoms with Gasteiger partial charge in [0.05, 0.1) is 18.8 Å². The minimum absolute atomic E-state index is 0.0528. The highest BCUT2D eigenvalue weighted by atomic mass is 28.3. The summed E-state index contributed by atoms with van der Waals surface area (Å²) in [6.07, 6.45) is 7.49. The number of aliphatic hydroxyl groups excluding tert-OH is 1. The van der Waals surface area contributed by atoms with Gasteiger partial charge < -0.3 is 19.7 Å². The van der Waals surface area contributed by atoms with Crippen molar-refractivity contribution in [2.75, 3.05) is 18.5 Å². The smallest absolute Gasteiger partial charge is 0.165 e. The van der Waals surface area contributed by atoms with Gasteiger partial charge in [0.1, 0.15) is 18.4 Å². The molecule has 35 heavy (non-hydrogen) atoms. The van der Waals surface area contributed by atoms with Crippen LogP contribution in [0.4, 0.5) is 5.82 Å². The van der Waals surface area contributed by atoms with Gasteiger partial charge in [0.15, 0.2) is 5.65 Å². The first-order valence-corrected chi connectivity index (χ1v) is 15.9. The molecule has 0 aliphatic carbocycles. The molecule has 0 aliphatic rings. The predicted molar refractivity (Wildman–Crippen MR) is 143 cm³/mol. The second-order valence-corrected chi connectivity index (χ2v) is 16.1. The summed E-state index contributed by atoms with van der Waals surface area (Å²) < 4.78 is 9.73. The van der Waals surface area contributed by atoms with Crippen LogP contribution < -0.4 is 5.32 Å². The molecule has 8 nitrogen and oxygen atoms in total. The van der Waals surface area contributed by atoms with E-state index in [1.165, 1.54) is 0 Å². The zero-order chi connectivity index (χ0) is 25.0. The second-order valence-electron chi connectivity index (χ2n) is 10.5. The highest BCUT2D eigenvalue weighted by molar-refractivity contribution is 6.76. The molecular formula is C26H36N6O2Si. The van der Waals surface area contributed by atoms with Crippen LogP contribution in [0, 0.1) is 5.92 Å². The Morgan fingerprint density at radius 3 is 2.49 bits per heavy atom. The zero-order valence-electron chi connectivity index (χ0n) is 21.3. The number of ether oxygens (including phenoxy) is 1. The molecule has 1 aromatic carbocycles. The lowest BCUT2D eigenvalue weighted by atomic mass is 10.1. The SMILES string of the molecule is CC(C)C(CO)Nc1ccn2ncc(-c3ccc(-c4nccn4COCC[Si](C)(C)C)cc3)c2n1. The van der Waals surface area contributed by atoms with Crippen LogP contribution in [-0.2, 0) is 11.5 Å². The molecule has 2 N–H and O–H groups in total. The van der Waals surface area contributed by atoms with Crippen LogP contribution >= 0.6 is 0 Å². The molecule has 0 amide bonds. The summed E-state index contributed by atoms with van der Waals surface area (Å²) in [7, 11) is -1.11. The van der Waals surface area contributed by atoms with Crippen LogP contribution in [0.15, 0.2) is 55.1 Å². The number of nitrogens with zero attached hydrogens (tertiary/aromatic N) is 5. The van der Waals surface area contributed by atoms with E-state index in [2.05, 4.69) is 73.2 Å². The number of aromatic nitrogens is 5. The molecule has 3 heterocycles. The number of anilines is 1. The molecule has 0 spiro atoms. The third-order valence-electron chi connectivity index (χ3n) is 6.10. The van der Waals surface area contributed by atoms with Crippen molar-refractivity contribution in [3.63, 3.8) is 0 Å². The van der Waals surface area contributed by atoms with Gasteiger partial charge in [-0.2, -0.15) is 5.10 Å². The first-order valence-electron chi connectivity index (χ1n) is 12.2. The minimum atomic E-state index is -1.11. The maximum absolute atomic E-state index is 9.66. The quantitative estimate of drug-likeness (QED) is 0.226. The molecule has 1 atom stereocenters. The largest absolute Gasteiger partial charge is 0.394 e. The Bertz CT molecular complexity index is 1240. The van der Waals surface area contributed by atoms with Crippen LogP contribution in [0.25, 0.3) is 28.2 Å². The average molecular weight is 493 g/mol. The van der Waals surface area contributed by atoms with E-state index in [0.717, 1.165) is 46.6 Å². The molecule has 0 bridgehead atoms. The van der Waals surface area contributed by atoms with Crippen molar-refractivity contribution in [1.82, 2.24) is 24.1 Å². The van der Waals surface area contributed by atoms with Crippen LogP contribution in [0.3, 0.4) is 0 Å². The van der Waals surface area contributed by atoms with E-state index in [4.69, 9.17) is 9.72 Å². The molecule has 0 aliphatic heterocycles. The lowest BCUT2D eigenvalue weighted by Crippen LogP contribution is -2.29. The second kappa shape index (κ2) is 10.7. The lowest BCUT2D eigenvalue weighted by Gasteiger charge is -2.20. The van der Waals surface area contributed by atoms with Crippen molar-refractivity contribution in [3.05, 3.63) is 55.1 Å². The Kier molecular flexibility index (Phi) is 7.68. The topological polar surface area (TPSA) is 89.5 Å². The van der Waals surface area contributed by atoms with Gasteiger partial charge in [0.2, 0.25) is 0 Å². The van der Waals surface area contributed by atoms with Gasteiger partial charge in [-0.05, 0) is 23.6 Å². The summed E-state index contributed by atoms with van der Waals surface area (Å²) in [6.45, 7) is 12.5. The summed E-state index contributed by atoms with van der Waals surface area (Å²) in [5.74, 6) is 1.89. The van der Waals surface area contributed by atoms with Crippen LogP contribution in [-0.4, -0.2) is 56.6 Å². The van der Waals surface area contributed by atoms with E-state index in [1.807, 2.05) is 35.4 Å². The van der Waals surface area contributed by atoms with Crippen molar-refractivity contribution in [3.8, 4) is 22.5 Å². The Morgan fingerprint density at radius 1 is 1.06 bits per heavy atom. The third kappa shape index (κ3) is 6.16. The number of hydrogen-bond acceptors (Lipinski definition) is 6. The molecule has 3 aromatic heterocycles. The Hall–Kier alpha value is -3.01. The Labute approximate surface area is 208 Å². The van der Waals surface area contributed by atoms with Gasteiger partial charge in [0, 0.05) is 44.4 Å². The van der Waals surface area contributed by atoms with Gasteiger partial charge in [0.25, 0.3) is 0 Å². The molecule has 0 saturated carbocycles. The molecular weight excluding hydrogens is 456 g/mol. The summed E-state index contributed by atoms with van der Waals surface area (Å²) in [5, 5.41) is 17.5. The number of nitrogens with one attached hydrogen (secondary N) is 1. The first-order chi connectivity index (χ1) is 16.7. The minimum Gasteiger partial charge on any atom is -0.394 e. The monoisotopic (exact) mass is 492 g/mol. The normalized spacial score (nSPS) is 13.0. The average Bonchev–Trinajstić information content (AvgIpc) is 3.46. The molecule has 9 heteroatoms. The fourth-order valence-corrected chi connectivity index (χ4v) is 4.54. The molecule has 4 aromatic rings. The van der Waals surface area contributed by atoms with Crippen molar-refractivity contribution in [2.24, 2.45) is 5.92 Å². The van der Waals surface area contributed by atoms with Crippen molar-refractivity contribution >= 4 is 19.5 Å². The number of imidazole rings is 1. The summed E-state index contributed by atoms with van der Waals surface area (Å²) >= 11 is 0. The Morgan fingerprint density at radius 2 is 1.80 bits per heavy atom. The lowest BCUT2D eigenvalue weighted by molar-refractivity contribution is 0.0883. The fraction of sp³-hybridized carbons (Fsp3) is 0.423. The maximum Gasteiger partial charge on any atom is 0.165 e. The fourth-order valence-electron chi connectivity index (χ4n) is 3.78. The van der Waals surface area contributed by atoms with E-state index >= 15 is 0 Å². The van der Waals surface area contributed by atoms with Crippen LogP contribution in [0.2, 0.25) is 25.7 Å². The van der Waals surface area contributed by atoms with Gasteiger partial charge in [-0.25, -0.2) is 14.5 Å². The molecule has 0 radical (unpaired) electrons. The first kappa shape index (κ1) is 25.1. The zero-order valence-corrected chi connectivity index (χ0v) is 22.3. The number of rotatable bonds is 11. The molecule has 0 saturated heterocycles. The summed E-state index contributed by atoms with van der Waals surface area (Å²) in [6, 6.07) is 11.3. The molecule has 1 unspecified atom stereocenters. The summed E-state index contributed by atoms with van der Waals surface area (Å²) in [5.41, 5.74) is 3.77. The van der Waals surface area contributed by atoms with E-state index in [0.29, 0.717) is 6.73 Å². The van der Waals surface area contributed by atoms with Crippen molar-refractivity contribution < 1.29 is 9.84 Å². The van der Waals surface area contributed by atoms with Gasteiger partial charge in [-0.3, -0.25) is 0 Å². The van der Waals surface area contributed by atoms with E-state index < -0.39 is 8.07 Å². The van der Waals surface area contributed by atoms with E-state index in [1.54, 1.807) is 4.52 Å². The van der Waals surface area contributed by atoms with E-state index in [9.17, 15) is 5.11 Å². The summed E-state index contributed by atoms with van der Waals surface area (Å²) in [4.78, 5) is 9.33. The molecule has 0 fully saturated rings. The molecule has 186 valence electrons. The van der Waals surface area contributed by atoms with Crippen molar-refractivity contribution in [2.45, 2.75) is 52.3 Å². The van der Waals surface area contributed by atoms with Crippen molar-refractivity contribution in [1.29, 1.82) is 0 Å².